The van der Waals surface area contributed by atoms with Crippen LogP contribution in [-0.4, -0.2) is 45.3 Å². The molecule has 2 heterocycles. The average molecular weight is 259 g/mol. The Balaban J connectivity index is 1.90. The number of likely N-dealkylation sites (tertiary alicyclic amines) is 1. The molecule has 0 aliphatic carbocycles. The minimum absolute atomic E-state index is 0.0140. The van der Waals surface area contributed by atoms with E-state index in [-0.39, 0.29) is 18.6 Å². The number of nitrogens with zero attached hydrogens (tertiary/aromatic N) is 2. The molecule has 1 fully saturated rings. The first kappa shape index (κ1) is 12.2. The number of amides is 1. The summed E-state index contributed by atoms with van der Waals surface area (Å²) in [6.07, 6.45) is 2.68. The zero-order valence-corrected chi connectivity index (χ0v) is 10.8. The fourth-order valence-corrected chi connectivity index (χ4v) is 2.77. The molecule has 5 nitrogen and oxygen atoms in total. The second-order valence-corrected chi connectivity index (χ2v) is 5.19. The average Bonchev–Trinajstić information content (AvgIpc) is 3.02. The van der Waals surface area contributed by atoms with E-state index in [4.69, 9.17) is 0 Å². The minimum atomic E-state index is -0.0648. The van der Waals surface area contributed by atoms with E-state index in [1.807, 2.05) is 18.2 Å². The van der Waals surface area contributed by atoms with Crippen molar-refractivity contribution in [2.24, 2.45) is 5.92 Å². The van der Waals surface area contributed by atoms with Gasteiger partial charge in [0.05, 0.1) is 24.4 Å². The van der Waals surface area contributed by atoms with Crippen molar-refractivity contribution in [2.45, 2.75) is 19.4 Å². The smallest absolute Gasteiger partial charge is 0.254 e. The molecule has 19 heavy (non-hydrogen) atoms. The lowest BCUT2D eigenvalue weighted by Gasteiger charge is -2.25. The Morgan fingerprint density at radius 3 is 3.21 bits per heavy atom. The molecule has 1 saturated heterocycles. The number of carbonyl (C=O) groups excluding carboxylic acids is 1. The van der Waals surface area contributed by atoms with Crippen molar-refractivity contribution in [2.75, 3.05) is 13.2 Å². The molecular weight excluding hydrogens is 242 g/mol. The Bertz CT molecular complexity index is 608. The quantitative estimate of drug-likeness (QED) is 0.856. The van der Waals surface area contributed by atoms with Crippen LogP contribution in [0.4, 0.5) is 0 Å². The van der Waals surface area contributed by atoms with Crippen LogP contribution in [0, 0.1) is 5.92 Å². The van der Waals surface area contributed by atoms with Crippen LogP contribution in [0.1, 0.15) is 23.7 Å². The highest BCUT2D eigenvalue weighted by Gasteiger charge is 2.34. The van der Waals surface area contributed by atoms with Gasteiger partial charge in [0.2, 0.25) is 0 Å². The molecule has 100 valence electrons. The summed E-state index contributed by atoms with van der Waals surface area (Å²) in [4.78, 5) is 14.3. The topological polar surface area (TPSA) is 69.2 Å². The highest BCUT2D eigenvalue weighted by molar-refractivity contribution is 5.98. The van der Waals surface area contributed by atoms with Crippen molar-refractivity contribution < 1.29 is 9.90 Å². The van der Waals surface area contributed by atoms with E-state index in [9.17, 15) is 9.90 Å². The summed E-state index contributed by atoms with van der Waals surface area (Å²) in [6, 6.07) is 5.46. The molecule has 0 spiro atoms. The van der Waals surface area contributed by atoms with E-state index in [1.54, 1.807) is 11.1 Å². The zero-order chi connectivity index (χ0) is 13.4. The number of H-pyrrole nitrogens is 1. The Morgan fingerprint density at radius 2 is 2.42 bits per heavy atom. The van der Waals surface area contributed by atoms with Gasteiger partial charge >= 0.3 is 0 Å². The van der Waals surface area contributed by atoms with Gasteiger partial charge in [-0.25, -0.2) is 0 Å². The monoisotopic (exact) mass is 259 g/mol. The minimum Gasteiger partial charge on any atom is -0.394 e. The first-order chi connectivity index (χ1) is 9.20. The molecule has 1 aromatic carbocycles. The Labute approximate surface area is 111 Å². The maximum absolute atomic E-state index is 12.5. The van der Waals surface area contributed by atoms with Crippen LogP contribution in [0.25, 0.3) is 10.9 Å². The predicted octanol–water partition coefficient (Wildman–Crippen LogP) is 1.41. The van der Waals surface area contributed by atoms with E-state index >= 15 is 0 Å². The number of aliphatic hydroxyl groups is 1. The van der Waals surface area contributed by atoms with Crippen molar-refractivity contribution >= 4 is 16.8 Å². The van der Waals surface area contributed by atoms with Gasteiger partial charge in [-0.1, -0.05) is 13.0 Å². The van der Waals surface area contributed by atoms with Gasteiger partial charge in [-0.3, -0.25) is 9.89 Å². The van der Waals surface area contributed by atoms with E-state index in [2.05, 4.69) is 17.1 Å². The van der Waals surface area contributed by atoms with Gasteiger partial charge in [-0.05, 0) is 24.5 Å². The molecule has 3 rings (SSSR count). The molecule has 0 saturated carbocycles. The van der Waals surface area contributed by atoms with Crippen LogP contribution >= 0.6 is 0 Å². The summed E-state index contributed by atoms with van der Waals surface area (Å²) in [5.41, 5.74) is 1.50. The summed E-state index contributed by atoms with van der Waals surface area (Å²) in [7, 11) is 0. The normalized spacial score (nSPS) is 23.2. The molecule has 0 radical (unpaired) electrons. The maximum Gasteiger partial charge on any atom is 0.254 e. The van der Waals surface area contributed by atoms with Gasteiger partial charge in [0, 0.05) is 17.5 Å². The van der Waals surface area contributed by atoms with Crippen LogP contribution in [0.5, 0.6) is 0 Å². The number of aromatic amines is 1. The van der Waals surface area contributed by atoms with Crippen LogP contribution in [0.3, 0.4) is 0 Å². The number of hydrogen-bond donors (Lipinski definition) is 2. The number of nitrogens with one attached hydrogen (secondary N) is 1. The number of carbonyl (C=O) groups is 1. The summed E-state index contributed by atoms with van der Waals surface area (Å²) in [5, 5.41) is 17.2. The van der Waals surface area contributed by atoms with Crippen molar-refractivity contribution in [3.8, 4) is 0 Å². The summed E-state index contributed by atoms with van der Waals surface area (Å²) in [6.45, 7) is 2.82. The van der Waals surface area contributed by atoms with Crippen molar-refractivity contribution in [1.82, 2.24) is 15.1 Å². The van der Waals surface area contributed by atoms with Gasteiger partial charge in [0.1, 0.15) is 0 Å². The van der Waals surface area contributed by atoms with Gasteiger partial charge < -0.3 is 10.0 Å². The third-order valence-electron chi connectivity index (χ3n) is 4.02. The van der Waals surface area contributed by atoms with E-state index < -0.39 is 0 Å². The lowest BCUT2D eigenvalue weighted by atomic mass is 10.0. The Morgan fingerprint density at radius 1 is 1.58 bits per heavy atom. The molecule has 2 unspecified atom stereocenters. The van der Waals surface area contributed by atoms with Crippen molar-refractivity contribution in [3.05, 3.63) is 30.0 Å². The number of aromatic nitrogens is 2. The lowest BCUT2D eigenvalue weighted by Crippen LogP contribution is -2.39. The highest BCUT2D eigenvalue weighted by Crippen LogP contribution is 2.26. The first-order valence-corrected chi connectivity index (χ1v) is 6.55. The molecule has 1 aliphatic heterocycles. The molecule has 1 amide bonds. The maximum atomic E-state index is 12.5. The molecule has 2 N–H and O–H groups in total. The molecule has 2 atom stereocenters. The SMILES string of the molecule is CC1CCN(C(=O)c2ccc3cn[nH]c3c2)C1CO. The lowest BCUT2D eigenvalue weighted by molar-refractivity contribution is 0.0648. The van der Waals surface area contributed by atoms with E-state index in [0.29, 0.717) is 18.0 Å². The third kappa shape index (κ3) is 2.00. The summed E-state index contributed by atoms with van der Waals surface area (Å²) < 4.78 is 0. The molecule has 5 heteroatoms. The van der Waals surface area contributed by atoms with Gasteiger partial charge in [0.15, 0.2) is 0 Å². The number of fused-ring (bicyclic) bond motifs is 1. The largest absolute Gasteiger partial charge is 0.394 e. The molecule has 2 aromatic rings. The Kier molecular flexibility index (Phi) is 2.98. The third-order valence-corrected chi connectivity index (χ3v) is 4.02. The van der Waals surface area contributed by atoms with E-state index in [0.717, 1.165) is 17.3 Å². The van der Waals surface area contributed by atoms with Crippen LogP contribution in [0.2, 0.25) is 0 Å². The Hall–Kier alpha value is -1.88. The predicted molar refractivity (Wildman–Crippen MR) is 71.8 cm³/mol. The fraction of sp³-hybridized carbons (Fsp3) is 0.429. The zero-order valence-electron chi connectivity index (χ0n) is 10.8. The van der Waals surface area contributed by atoms with Gasteiger partial charge in [0.25, 0.3) is 5.91 Å². The van der Waals surface area contributed by atoms with Crippen molar-refractivity contribution in [1.29, 1.82) is 0 Å². The first-order valence-electron chi connectivity index (χ1n) is 6.55. The second kappa shape index (κ2) is 4.66. The number of benzene rings is 1. The van der Waals surface area contributed by atoms with Gasteiger partial charge in [-0.15, -0.1) is 0 Å². The van der Waals surface area contributed by atoms with Crippen LogP contribution in [-0.2, 0) is 0 Å². The number of hydrogen-bond acceptors (Lipinski definition) is 3. The standard InChI is InChI=1S/C14H17N3O2/c1-9-4-5-17(13(9)8-18)14(19)10-2-3-11-7-15-16-12(11)6-10/h2-3,6-7,9,13,18H,4-5,8H2,1H3,(H,15,16). The summed E-state index contributed by atoms with van der Waals surface area (Å²) in [5.74, 6) is 0.338. The number of rotatable bonds is 2. The fourth-order valence-electron chi connectivity index (χ4n) is 2.77. The molecular formula is C14H17N3O2. The highest BCUT2D eigenvalue weighted by atomic mass is 16.3. The van der Waals surface area contributed by atoms with Crippen LogP contribution < -0.4 is 0 Å². The van der Waals surface area contributed by atoms with Crippen molar-refractivity contribution in [3.63, 3.8) is 0 Å². The van der Waals surface area contributed by atoms with Gasteiger partial charge in [-0.2, -0.15) is 5.10 Å². The summed E-state index contributed by atoms with van der Waals surface area (Å²) >= 11 is 0. The molecule has 1 aliphatic rings. The van der Waals surface area contributed by atoms with E-state index in [1.165, 1.54) is 0 Å². The molecule has 0 bridgehead atoms. The van der Waals surface area contributed by atoms with Crippen LogP contribution in [0.15, 0.2) is 24.4 Å². The number of aliphatic hydroxyl groups excluding tert-OH is 1. The second-order valence-electron chi connectivity index (χ2n) is 5.19. The molecule has 1 aromatic heterocycles.